The molecule has 4 rings (SSSR count). The molecule has 0 amide bonds. The zero-order valence-corrected chi connectivity index (χ0v) is 15.9. The number of anilines is 1. The molecule has 1 saturated heterocycles. The molecule has 1 aromatic heterocycles. The maximum absolute atomic E-state index is 12.3. The summed E-state index contributed by atoms with van der Waals surface area (Å²) >= 11 is 1.53. The van der Waals surface area contributed by atoms with Crippen LogP contribution in [0.25, 0.3) is 16.1 Å². The molecule has 2 aromatic rings. The van der Waals surface area contributed by atoms with E-state index in [1.807, 2.05) is 12.3 Å². The quantitative estimate of drug-likeness (QED) is 0.636. The van der Waals surface area contributed by atoms with Crippen molar-refractivity contribution in [3.05, 3.63) is 35.0 Å². The van der Waals surface area contributed by atoms with Crippen LogP contribution >= 0.6 is 11.3 Å². The average Bonchev–Trinajstić information content (AvgIpc) is 3.25. The minimum absolute atomic E-state index is 0.0139. The van der Waals surface area contributed by atoms with Crippen LogP contribution in [0.3, 0.4) is 0 Å². The Bertz CT molecular complexity index is 890. The van der Waals surface area contributed by atoms with Gasteiger partial charge in [-0.05, 0) is 43.7 Å². The van der Waals surface area contributed by atoms with Crippen molar-refractivity contribution in [2.45, 2.75) is 19.8 Å². The van der Waals surface area contributed by atoms with Gasteiger partial charge in [0.2, 0.25) is 0 Å². The molecule has 1 aliphatic carbocycles. The summed E-state index contributed by atoms with van der Waals surface area (Å²) in [6.07, 6.45) is 2.10. The molecule has 2 unspecified atom stereocenters. The molecule has 27 heavy (non-hydrogen) atoms. The first kappa shape index (κ1) is 17.8. The van der Waals surface area contributed by atoms with Gasteiger partial charge >= 0.3 is 5.97 Å². The Hall–Kier alpha value is -2.59. The number of hydrogen-bond acceptors (Lipinski definition) is 6. The van der Waals surface area contributed by atoms with E-state index in [4.69, 9.17) is 16.3 Å². The van der Waals surface area contributed by atoms with Gasteiger partial charge in [-0.25, -0.2) is 9.83 Å². The van der Waals surface area contributed by atoms with Gasteiger partial charge in [-0.15, -0.1) is 11.3 Å². The third kappa shape index (κ3) is 3.26. The zero-order valence-electron chi connectivity index (χ0n) is 15.1. The topological polar surface area (TPSA) is 67.0 Å². The largest absolute Gasteiger partial charge is 0.507 e. The maximum Gasteiger partial charge on any atom is 0.309 e. The number of hydrogen-bond donors (Lipinski definition) is 1. The van der Waals surface area contributed by atoms with Crippen LogP contribution in [0.2, 0.25) is 0 Å². The lowest BCUT2D eigenvalue weighted by Crippen LogP contribution is -2.45. The zero-order chi connectivity index (χ0) is 19.0. The molecule has 0 spiro atoms. The van der Waals surface area contributed by atoms with Gasteiger partial charge in [0.05, 0.1) is 24.8 Å². The number of piperidine rings is 1. The molecule has 2 bridgehead atoms. The number of phenols is 1. The number of aromatic nitrogens is 1. The van der Waals surface area contributed by atoms with Crippen molar-refractivity contribution in [2.75, 3.05) is 24.6 Å². The third-order valence-corrected chi connectivity index (χ3v) is 6.44. The molecule has 1 saturated carbocycles. The van der Waals surface area contributed by atoms with Crippen molar-refractivity contribution >= 4 is 28.1 Å². The van der Waals surface area contributed by atoms with Gasteiger partial charge in [0.25, 0.3) is 0 Å². The molecule has 1 N–H and O–H groups in total. The van der Waals surface area contributed by atoms with Crippen molar-refractivity contribution in [1.29, 1.82) is 0 Å². The SMILES string of the molecule is [C-]#[N+]c1ccc(O)c(-c2csc(N3CC4CCC(C3)C4C(=O)OCC)n2)c1. The highest BCUT2D eigenvalue weighted by molar-refractivity contribution is 7.14. The summed E-state index contributed by atoms with van der Waals surface area (Å²) in [7, 11) is 0. The molecule has 1 aliphatic heterocycles. The predicted molar refractivity (Wildman–Crippen MR) is 104 cm³/mol. The van der Waals surface area contributed by atoms with Crippen LogP contribution in [0.4, 0.5) is 10.8 Å². The fraction of sp³-hybridized carbons (Fsp3) is 0.450. The number of fused-ring (bicyclic) bond motifs is 2. The number of carbonyl (C=O) groups excluding carboxylic acids is 1. The Morgan fingerprint density at radius 2 is 2.15 bits per heavy atom. The standard InChI is InChI=1S/C20H21N3O3S/c1-3-26-19(25)18-12-4-5-13(18)10-23(9-12)20-22-16(11-27-20)15-8-14(21-2)6-7-17(15)24/h6-8,11-13,18,24H,3-5,9-10H2,1H3. The first-order valence-electron chi connectivity index (χ1n) is 9.18. The highest BCUT2D eigenvalue weighted by Gasteiger charge is 2.47. The molecule has 140 valence electrons. The fourth-order valence-electron chi connectivity index (χ4n) is 4.33. The molecule has 7 heteroatoms. The van der Waals surface area contributed by atoms with Gasteiger partial charge in [-0.1, -0.05) is 6.07 Å². The lowest BCUT2D eigenvalue weighted by molar-refractivity contribution is -0.151. The first-order valence-corrected chi connectivity index (χ1v) is 10.1. The van der Waals surface area contributed by atoms with Gasteiger partial charge in [0.15, 0.2) is 10.8 Å². The second-order valence-corrected chi connectivity index (χ2v) is 7.95. The van der Waals surface area contributed by atoms with Crippen LogP contribution in [0.15, 0.2) is 23.6 Å². The first-order chi connectivity index (χ1) is 13.1. The molecule has 2 atom stereocenters. The summed E-state index contributed by atoms with van der Waals surface area (Å²) in [5.74, 6) is 0.716. The predicted octanol–water partition coefficient (Wildman–Crippen LogP) is 4.09. The summed E-state index contributed by atoms with van der Waals surface area (Å²) < 4.78 is 5.28. The number of ether oxygens (including phenoxy) is 1. The fourth-order valence-corrected chi connectivity index (χ4v) is 5.18. The van der Waals surface area contributed by atoms with Crippen LogP contribution in [0, 0.1) is 24.3 Å². The van der Waals surface area contributed by atoms with Gasteiger partial charge in [0, 0.05) is 24.0 Å². The summed E-state index contributed by atoms with van der Waals surface area (Å²) in [5, 5.41) is 13.0. The van der Waals surface area contributed by atoms with Gasteiger partial charge in [-0.2, -0.15) is 0 Å². The smallest absolute Gasteiger partial charge is 0.309 e. The van der Waals surface area contributed by atoms with Crippen LogP contribution < -0.4 is 4.90 Å². The van der Waals surface area contributed by atoms with E-state index in [-0.39, 0.29) is 17.6 Å². The summed E-state index contributed by atoms with van der Waals surface area (Å²) in [6.45, 7) is 11.1. The Balaban J connectivity index is 1.54. The van der Waals surface area contributed by atoms with Crippen LogP contribution in [-0.2, 0) is 9.53 Å². The van der Waals surface area contributed by atoms with E-state index < -0.39 is 0 Å². The second-order valence-electron chi connectivity index (χ2n) is 7.11. The van der Waals surface area contributed by atoms with Crippen molar-refractivity contribution in [2.24, 2.45) is 17.8 Å². The highest BCUT2D eigenvalue weighted by Crippen LogP contribution is 2.45. The summed E-state index contributed by atoms with van der Waals surface area (Å²) in [5.41, 5.74) is 1.74. The van der Waals surface area contributed by atoms with E-state index in [0.29, 0.717) is 35.4 Å². The van der Waals surface area contributed by atoms with Crippen molar-refractivity contribution in [3.8, 4) is 17.0 Å². The normalized spacial score (nSPS) is 23.9. The molecule has 0 radical (unpaired) electrons. The molecule has 6 nitrogen and oxygen atoms in total. The number of rotatable bonds is 4. The molecular weight excluding hydrogens is 362 g/mol. The average molecular weight is 383 g/mol. The lowest BCUT2D eigenvalue weighted by atomic mass is 9.85. The molecule has 1 aromatic carbocycles. The number of phenolic OH excluding ortho intramolecular Hbond substituents is 1. The van der Waals surface area contributed by atoms with E-state index in [1.165, 1.54) is 17.4 Å². The molecular formula is C20H21N3O3S. The Morgan fingerprint density at radius 3 is 2.81 bits per heavy atom. The number of thiazole rings is 1. The number of benzene rings is 1. The van der Waals surface area contributed by atoms with E-state index >= 15 is 0 Å². The highest BCUT2D eigenvalue weighted by atomic mass is 32.1. The van der Waals surface area contributed by atoms with E-state index in [2.05, 4.69) is 9.74 Å². The molecule has 2 aliphatic rings. The van der Waals surface area contributed by atoms with E-state index in [1.54, 1.807) is 12.1 Å². The van der Waals surface area contributed by atoms with E-state index in [0.717, 1.165) is 31.1 Å². The molecule has 2 fully saturated rings. The van der Waals surface area contributed by atoms with Gasteiger partial charge in [-0.3, -0.25) is 4.79 Å². The van der Waals surface area contributed by atoms with Crippen LogP contribution in [0.1, 0.15) is 19.8 Å². The minimum Gasteiger partial charge on any atom is -0.507 e. The third-order valence-electron chi connectivity index (χ3n) is 5.54. The number of aromatic hydroxyl groups is 1. The van der Waals surface area contributed by atoms with Gasteiger partial charge in [0.1, 0.15) is 5.75 Å². The van der Waals surface area contributed by atoms with Crippen LogP contribution in [-0.4, -0.2) is 35.8 Å². The number of nitrogens with zero attached hydrogens (tertiary/aromatic N) is 3. The van der Waals surface area contributed by atoms with Crippen molar-refractivity contribution < 1.29 is 14.6 Å². The Labute approximate surface area is 162 Å². The minimum atomic E-state index is -0.0506. The van der Waals surface area contributed by atoms with Crippen LogP contribution in [0.5, 0.6) is 5.75 Å². The second kappa shape index (κ2) is 7.20. The molecule has 2 heterocycles. The maximum atomic E-state index is 12.3. The number of esters is 1. The Kier molecular flexibility index (Phi) is 4.75. The summed E-state index contributed by atoms with van der Waals surface area (Å²) in [6, 6.07) is 4.79. The lowest BCUT2D eigenvalue weighted by Gasteiger charge is -2.36. The monoisotopic (exact) mass is 383 g/mol. The van der Waals surface area contributed by atoms with E-state index in [9.17, 15) is 9.90 Å². The number of carbonyl (C=O) groups is 1. The Morgan fingerprint density at radius 1 is 1.41 bits per heavy atom. The van der Waals surface area contributed by atoms with Crippen molar-refractivity contribution in [1.82, 2.24) is 4.98 Å². The summed E-state index contributed by atoms with van der Waals surface area (Å²) in [4.78, 5) is 22.7. The van der Waals surface area contributed by atoms with Gasteiger partial charge < -0.3 is 14.7 Å². The van der Waals surface area contributed by atoms with Crippen molar-refractivity contribution in [3.63, 3.8) is 0 Å².